The number of anilines is 1. The largest absolute Gasteiger partial charge is 0.304 e. The molecule has 0 N–H and O–H groups in total. The Morgan fingerprint density at radius 3 is 2.44 bits per heavy atom. The zero-order valence-corrected chi connectivity index (χ0v) is 20.8. The lowest BCUT2D eigenvalue weighted by molar-refractivity contribution is 0.0998. The Labute approximate surface area is 206 Å². The highest BCUT2D eigenvalue weighted by molar-refractivity contribution is 7.92. The fraction of sp³-hybridized carbons (Fsp3) is 0.120. The lowest BCUT2D eigenvalue weighted by Gasteiger charge is -2.19. The molecule has 6 nitrogen and oxygen atoms in total. The predicted molar refractivity (Wildman–Crippen MR) is 137 cm³/mol. The van der Waals surface area contributed by atoms with Crippen molar-refractivity contribution in [2.75, 3.05) is 11.4 Å². The van der Waals surface area contributed by atoms with Gasteiger partial charge in [-0.1, -0.05) is 47.1 Å². The summed E-state index contributed by atoms with van der Waals surface area (Å²) >= 11 is 7.61. The van der Waals surface area contributed by atoms with Crippen molar-refractivity contribution in [2.45, 2.75) is 18.4 Å². The molecule has 1 aromatic heterocycles. The molecule has 3 aromatic carbocycles. The van der Waals surface area contributed by atoms with E-state index in [0.717, 1.165) is 15.8 Å². The van der Waals surface area contributed by atoms with Gasteiger partial charge in [-0.25, -0.2) is 8.42 Å². The van der Waals surface area contributed by atoms with Gasteiger partial charge in [-0.2, -0.15) is 4.99 Å². The molecule has 0 aliphatic carbocycles. The normalized spacial score (nSPS) is 12.0. The number of rotatable bonds is 5. The minimum Gasteiger partial charge on any atom is -0.304 e. The van der Waals surface area contributed by atoms with Gasteiger partial charge in [-0.15, -0.1) is 6.42 Å². The van der Waals surface area contributed by atoms with Crippen molar-refractivity contribution in [3.63, 3.8) is 0 Å². The van der Waals surface area contributed by atoms with Gasteiger partial charge in [0.25, 0.3) is 15.9 Å². The lowest BCUT2D eigenvalue weighted by Crippen LogP contribution is -2.26. The Morgan fingerprint density at radius 1 is 1.12 bits per heavy atom. The number of sulfonamides is 1. The molecule has 0 bridgehead atoms. The Bertz CT molecular complexity index is 1600. The number of aromatic nitrogens is 1. The van der Waals surface area contributed by atoms with Crippen LogP contribution in [0.15, 0.2) is 76.6 Å². The maximum atomic E-state index is 13.0. The molecule has 0 spiro atoms. The van der Waals surface area contributed by atoms with Crippen molar-refractivity contribution in [2.24, 2.45) is 4.99 Å². The Morgan fingerprint density at radius 2 is 1.79 bits per heavy atom. The third-order valence-corrected chi connectivity index (χ3v) is 8.61. The summed E-state index contributed by atoms with van der Waals surface area (Å²) in [7, 11) is -2.29. The summed E-state index contributed by atoms with van der Waals surface area (Å²) in [4.78, 5) is 17.7. The number of nitrogens with zero attached hydrogens (tertiary/aromatic N) is 3. The highest BCUT2D eigenvalue weighted by atomic mass is 35.5. The number of para-hydroxylation sites is 1. The predicted octanol–water partition coefficient (Wildman–Crippen LogP) is 4.86. The highest BCUT2D eigenvalue weighted by Gasteiger charge is 2.21. The molecule has 0 aliphatic heterocycles. The molecule has 34 heavy (non-hydrogen) atoms. The van der Waals surface area contributed by atoms with Gasteiger partial charge in [0, 0.05) is 17.6 Å². The maximum absolute atomic E-state index is 13.0. The monoisotopic (exact) mass is 509 g/mol. The van der Waals surface area contributed by atoms with Crippen molar-refractivity contribution in [1.82, 2.24) is 4.57 Å². The van der Waals surface area contributed by atoms with Crippen molar-refractivity contribution >= 4 is 54.8 Å². The summed E-state index contributed by atoms with van der Waals surface area (Å²) in [5.41, 5.74) is 2.50. The topological polar surface area (TPSA) is 71.7 Å². The second-order valence-electron chi connectivity index (χ2n) is 7.44. The van der Waals surface area contributed by atoms with E-state index in [1.807, 2.05) is 19.1 Å². The van der Waals surface area contributed by atoms with E-state index < -0.39 is 15.9 Å². The number of hydrogen-bond donors (Lipinski definition) is 0. The first-order valence-electron chi connectivity index (χ1n) is 10.2. The summed E-state index contributed by atoms with van der Waals surface area (Å²) in [6.07, 6.45) is 5.55. The van der Waals surface area contributed by atoms with Crippen LogP contribution in [0.2, 0.25) is 5.02 Å². The van der Waals surface area contributed by atoms with Gasteiger partial charge in [0.2, 0.25) is 0 Å². The summed E-state index contributed by atoms with van der Waals surface area (Å²) in [5.74, 6) is 2.10. The van der Waals surface area contributed by atoms with Crippen LogP contribution in [0.25, 0.3) is 10.2 Å². The smallest absolute Gasteiger partial charge is 0.279 e. The Hall–Kier alpha value is -3.38. The zero-order valence-electron chi connectivity index (χ0n) is 18.4. The lowest BCUT2D eigenvalue weighted by atomic mass is 10.2. The van der Waals surface area contributed by atoms with Crippen LogP contribution in [0.3, 0.4) is 0 Å². The Balaban J connectivity index is 1.69. The SMILES string of the molecule is C#CCn1c(=NC(=O)c2ccc(S(=O)(=O)N(C)c3ccccc3)cc2)sc2ccc(Cl)c(C)c21. The average Bonchev–Trinajstić information content (AvgIpc) is 3.19. The first-order valence-corrected chi connectivity index (χ1v) is 12.8. The molecule has 0 fully saturated rings. The number of carbonyl (C=O) groups excluding carboxylic acids is 1. The molecule has 4 aromatic rings. The van der Waals surface area contributed by atoms with Gasteiger partial charge in [0.05, 0.1) is 27.3 Å². The number of aryl methyl sites for hydroxylation is 1. The fourth-order valence-electron chi connectivity index (χ4n) is 3.49. The van der Waals surface area contributed by atoms with E-state index in [1.54, 1.807) is 34.9 Å². The van der Waals surface area contributed by atoms with Gasteiger partial charge in [0.15, 0.2) is 4.80 Å². The molecule has 0 atom stereocenters. The third kappa shape index (κ3) is 4.38. The molecule has 172 valence electrons. The number of amides is 1. The zero-order chi connectivity index (χ0) is 24.5. The minimum atomic E-state index is -3.78. The van der Waals surface area contributed by atoms with Crippen LogP contribution in [-0.4, -0.2) is 25.9 Å². The van der Waals surface area contributed by atoms with Gasteiger partial charge in [-0.05, 0) is 61.0 Å². The number of halogens is 1. The molecule has 0 unspecified atom stereocenters. The quantitative estimate of drug-likeness (QED) is 0.360. The number of fused-ring (bicyclic) bond motifs is 1. The van der Waals surface area contributed by atoms with Crippen molar-refractivity contribution < 1.29 is 13.2 Å². The number of hydrogen-bond acceptors (Lipinski definition) is 4. The van der Waals surface area contributed by atoms with E-state index in [4.69, 9.17) is 18.0 Å². The van der Waals surface area contributed by atoms with E-state index >= 15 is 0 Å². The molecule has 1 amide bonds. The molecule has 1 heterocycles. The number of benzene rings is 3. The standard InChI is InChI=1S/C25H20ClN3O3S2/c1-4-16-29-23-17(2)21(26)14-15-22(23)33-25(29)27-24(30)18-10-12-20(13-11-18)34(31,32)28(3)19-8-6-5-7-9-19/h1,5-15H,16H2,2-3H3. The van der Waals surface area contributed by atoms with Crippen LogP contribution >= 0.6 is 22.9 Å². The molecule has 4 rings (SSSR count). The second kappa shape index (κ2) is 9.47. The van der Waals surface area contributed by atoms with E-state index in [-0.39, 0.29) is 17.0 Å². The summed E-state index contributed by atoms with van der Waals surface area (Å²) in [5, 5.41) is 0.603. The number of terminal acetylenes is 1. The number of carbonyl (C=O) groups is 1. The van der Waals surface area contributed by atoms with Crippen molar-refractivity contribution in [3.05, 3.63) is 87.7 Å². The van der Waals surface area contributed by atoms with E-state index in [1.165, 1.54) is 47.0 Å². The summed E-state index contributed by atoms with van der Waals surface area (Å²) in [6, 6.07) is 18.1. The van der Waals surface area contributed by atoms with Crippen LogP contribution in [-0.2, 0) is 16.6 Å². The molecule has 9 heteroatoms. The minimum absolute atomic E-state index is 0.0740. The van der Waals surface area contributed by atoms with Crippen molar-refractivity contribution in [3.8, 4) is 12.3 Å². The van der Waals surface area contributed by atoms with E-state index in [9.17, 15) is 13.2 Å². The molecule has 0 aliphatic rings. The van der Waals surface area contributed by atoms with Gasteiger partial charge in [-0.3, -0.25) is 9.10 Å². The maximum Gasteiger partial charge on any atom is 0.279 e. The van der Waals surface area contributed by atoms with E-state index in [0.29, 0.717) is 15.5 Å². The average molecular weight is 510 g/mol. The molecule has 0 radical (unpaired) electrons. The van der Waals surface area contributed by atoms with Gasteiger partial charge in [0.1, 0.15) is 0 Å². The second-order valence-corrected chi connectivity index (χ2v) is 10.8. The summed E-state index contributed by atoms with van der Waals surface area (Å²) < 4.78 is 29.8. The molecular formula is C25H20ClN3O3S2. The molecule has 0 saturated heterocycles. The van der Waals surface area contributed by atoms with Crippen LogP contribution in [0.1, 0.15) is 15.9 Å². The van der Waals surface area contributed by atoms with E-state index in [2.05, 4.69) is 10.9 Å². The highest BCUT2D eigenvalue weighted by Crippen LogP contribution is 2.27. The first-order chi connectivity index (χ1) is 16.2. The van der Waals surface area contributed by atoms with Crippen LogP contribution in [0, 0.1) is 19.3 Å². The van der Waals surface area contributed by atoms with Crippen molar-refractivity contribution in [1.29, 1.82) is 0 Å². The van der Waals surface area contributed by atoms with Crippen LogP contribution < -0.4 is 9.11 Å². The van der Waals surface area contributed by atoms with Gasteiger partial charge < -0.3 is 4.57 Å². The summed E-state index contributed by atoms with van der Waals surface area (Å²) in [6.45, 7) is 2.12. The first kappa shape index (κ1) is 23.8. The third-order valence-electron chi connectivity index (χ3n) is 5.36. The molecule has 0 saturated carbocycles. The van der Waals surface area contributed by atoms with Crippen LogP contribution in [0.5, 0.6) is 0 Å². The van der Waals surface area contributed by atoms with Gasteiger partial charge >= 0.3 is 0 Å². The molecular weight excluding hydrogens is 490 g/mol. The Kier molecular flexibility index (Phi) is 6.62. The number of thiazole rings is 1. The fourth-order valence-corrected chi connectivity index (χ4v) is 5.93. The van der Waals surface area contributed by atoms with Crippen LogP contribution in [0.4, 0.5) is 5.69 Å².